The number of aryl methyl sites for hydroxylation is 3. The van der Waals surface area contributed by atoms with Gasteiger partial charge < -0.3 is 5.11 Å². The van der Waals surface area contributed by atoms with Crippen LogP contribution in [0.15, 0.2) is 59.5 Å². The number of hydrogen-bond donors (Lipinski definition) is 2. The molecule has 3 aromatic carbocycles. The molecule has 1 atom stereocenters. The van der Waals surface area contributed by atoms with Gasteiger partial charge in [0.25, 0.3) is 0 Å². The maximum absolute atomic E-state index is 12.7. The van der Waals surface area contributed by atoms with Gasteiger partial charge in [0.15, 0.2) is 0 Å². The van der Waals surface area contributed by atoms with Crippen molar-refractivity contribution >= 4 is 20.8 Å². The molecule has 0 saturated heterocycles. The number of aliphatic hydroxyl groups excluding tert-OH is 1. The van der Waals surface area contributed by atoms with E-state index in [1.54, 1.807) is 13.0 Å². The highest BCUT2D eigenvalue weighted by Gasteiger charge is 2.20. The molecule has 0 aliphatic heterocycles. The summed E-state index contributed by atoms with van der Waals surface area (Å²) in [5.74, 6) is 0. The lowest BCUT2D eigenvalue weighted by Gasteiger charge is -2.16. The maximum atomic E-state index is 12.7. The quantitative estimate of drug-likeness (QED) is 0.719. The topological polar surface area (TPSA) is 66.4 Å². The second-order valence-electron chi connectivity index (χ2n) is 6.64. The molecule has 0 aromatic heterocycles. The molecule has 0 aliphatic carbocycles. The van der Waals surface area contributed by atoms with Gasteiger partial charge in [-0.25, -0.2) is 13.1 Å². The van der Waals surface area contributed by atoms with Crippen LogP contribution in [0.25, 0.3) is 10.8 Å². The van der Waals surface area contributed by atoms with Crippen molar-refractivity contribution in [1.82, 2.24) is 4.72 Å². The minimum atomic E-state index is -3.70. The van der Waals surface area contributed by atoms with Crippen LogP contribution in [0, 0.1) is 20.8 Å². The second-order valence-corrected chi connectivity index (χ2v) is 8.37. The van der Waals surface area contributed by atoms with Crippen LogP contribution in [-0.2, 0) is 10.0 Å². The molecule has 5 heteroatoms. The van der Waals surface area contributed by atoms with Crippen molar-refractivity contribution in [2.75, 3.05) is 6.54 Å². The standard InChI is InChI=1S/C21H23NO3S/c1-14-11-16(3)21(12-15(14)2)26(24,25)22-13-20(23)19-10-6-8-17-7-4-5-9-18(17)19/h4-12,20,22-23H,13H2,1-3H3. The summed E-state index contributed by atoms with van der Waals surface area (Å²) in [6, 6.07) is 16.9. The van der Waals surface area contributed by atoms with Crippen LogP contribution in [0.5, 0.6) is 0 Å². The Balaban J connectivity index is 1.85. The van der Waals surface area contributed by atoms with E-state index >= 15 is 0 Å². The summed E-state index contributed by atoms with van der Waals surface area (Å²) in [4.78, 5) is 0.255. The molecule has 0 amide bonds. The Kier molecular flexibility index (Phi) is 5.14. The van der Waals surface area contributed by atoms with E-state index in [4.69, 9.17) is 0 Å². The zero-order valence-corrected chi connectivity index (χ0v) is 16.0. The first-order valence-corrected chi connectivity index (χ1v) is 10.0. The lowest BCUT2D eigenvalue weighted by Crippen LogP contribution is -2.29. The summed E-state index contributed by atoms with van der Waals surface area (Å²) in [6.45, 7) is 5.54. The molecule has 0 bridgehead atoms. The van der Waals surface area contributed by atoms with Crippen LogP contribution in [0.4, 0.5) is 0 Å². The third-order valence-corrected chi connectivity index (χ3v) is 6.30. The van der Waals surface area contributed by atoms with E-state index in [1.165, 1.54) is 0 Å². The van der Waals surface area contributed by atoms with Gasteiger partial charge in [-0.3, -0.25) is 0 Å². The number of fused-ring (bicyclic) bond motifs is 1. The SMILES string of the molecule is Cc1cc(C)c(S(=O)(=O)NCC(O)c2cccc3ccccc23)cc1C. The fraction of sp³-hybridized carbons (Fsp3) is 0.238. The first-order chi connectivity index (χ1) is 12.3. The van der Waals surface area contributed by atoms with Crippen molar-refractivity contribution in [3.05, 3.63) is 76.9 Å². The lowest BCUT2D eigenvalue weighted by atomic mass is 10.0. The highest BCUT2D eigenvalue weighted by atomic mass is 32.2. The van der Waals surface area contributed by atoms with Gasteiger partial charge in [-0.05, 0) is 59.9 Å². The molecular formula is C21H23NO3S. The zero-order valence-electron chi connectivity index (χ0n) is 15.2. The average Bonchev–Trinajstić information content (AvgIpc) is 2.62. The van der Waals surface area contributed by atoms with E-state index < -0.39 is 16.1 Å². The number of aliphatic hydroxyl groups is 1. The fourth-order valence-electron chi connectivity index (χ4n) is 3.14. The molecular weight excluding hydrogens is 346 g/mol. The number of benzene rings is 3. The first-order valence-electron chi connectivity index (χ1n) is 8.53. The molecule has 136 valence electrons. The van der Waals surface area contributed by atoms with Crippen molar-refractivity contribution in [1.29, 1.82) is 0 Å². The Morgan fingerprint density at radius 3 is 2.35 bits per heavy atom. The average molecular weight is 369 g/mol. The Bertz CT molecular complexity index is 1050. The van der Waals surface area contributed by atoms with Crippen LogP contribution in [0.1, 0.15) is 28.4 Å². The van der Waals surface area contributed by atoms with E-state index in [9.17, 15) is 13.5 Å². The largest absolute Gasteiger partial charge is 0.387 e. The van der Waals surface area contributed by atoms with Crippen LogP contribution in [0.3, 0.4) is 0 Å². The molecule has 2 N–H and O–H groups in total. The van der Waals surface area contributed by atoms with Gasteiger partial charge in [0.1, 0.15) is 0 Å². The van der Waals surface area contributed by atoms with Gasteiger partial charge in [0.05, 0.1) is 11.0 Å². The summed E-state index contributed by atoms with van der Waals surface area (Å²) in [5, 5.41) is 12.5. The molecule has 0 fully saturated rings. The normalized spacial score (nSPS) is 13.1. The van der Waals surface area contributed by atoms with Gasteiger partial charge in [-0.2, -0.15) is 0 Å². The minimum absolute atomic E-state index is 0.0806. The van der Waals surface area contributed by atoms with Crippen molar-refractivity contribution in [2.24, 2.45) is 0 Å². The van der Waals surface area contributed by atoms with Crippen molar-refractivity contribution in [3.63, 3.8) is 0 Å². The number of sulfonamides is 1. The molecule has 0 saturated carbocycles. The predicted octanol–water partition coefficient (Wildman–Crippen LogP) is 3.78. The summed E-state index contributed by atoms with van der Waals surface area (Å²) < 4.78 is 27.9. The molecule has 3 rings (SSSR count). The Morgan fingerprint density at radius 2 is 1.58 bits per heavy atom. The second kappa shape index (κ2) is 7.19. The van der Waals surface area contributed by atoms with E-state index in [0.717, 1.165) is 21.9 Å². The molecule has 0 aliphatic rings. The van der Waals surface area contributed by atoms with Crippen LogP contribution >= 0.6 is 0 Å². The predicted molar refractivity (Wildman–Crippen MR) is 105 cm³/mol. The third-order valence-electron chi connectivity index (χ3n) is 4.73. The van der Waals surface area contributed by atoms with Gasteiger partial charge in [-0.15, -0.1) is 0 Å². The van der Waals surface area contributed by atoms with E-state index in [-0.39, 0.29) is 11.4 Å². The highest BCUT2D eigenvalue weighted by molar-refractivity contribution is 7.89. The molecule has 4 nitrogen and oxygen atoms in total. The smallest absolute Gasteiger partial charge is 0.240 e. The molecule has 3 aromatic rings. The van der Waals surface area contributed by atoms with Crippen LogP contribution in [0.2, 0.25) is 0 Å². The fourth-order valence-corrected chi connectivity index (χ4v) is 4.49. The van der Waals surface area contributed by atoms with Gasteiger partial charge in [-0.1, -0.05) is 48.5 Å². The molecule has 0 heterocycles. The molecule has 26 heavy (non-hydrogen) atoms. The molecule has 0 radical (unpaired) electrons. The lowest BCUT2D eigenvalue weighted by molar-refractivity contribution is 0.183. The monoisotopic (exact) mass is 369 g/mol. The van der Waals surface area contributed by atoms with E-state index in [0.29, 0.717) is 11.1 Å². The highest BCUT2D eigenvalue weighted by Crippen LogP contribution is 2.25. The van der Waals surface area contributed by atoms with Crippen molar-refractivity contribution in [3.8, 4) is 0 Å². The molecule has 1 unspecified atom stereocenters. The molecule has 0 spiro atoms. The first kappa shape index (κ1) is 18.6. The van der Waals surface area contributed by atoms with E-state index in [2.05, 4.69) is 4.72 Å². The summed E-state index contributed by atoms with van der Waals surface area (Å²) in [6.07, 6.45) is -0.928. The summed E-state index contributed by atoms with van der Waals surface area (Å²) in [7, 11) is -3.70. The Hall–Kier alpha value is -2.21. The van der Waals surface area contributed by atoms with Gasteiger partial charge >= 0.3 is 0 Å². The van der Waals surface area contributed by atoms with Crippen molar-refractivity contribution in [2.45, 2.75) is 31.8 Å². The number of rotatable bonds is 5. The van der Waals surface area contributed by atoms with Crippen molar-refractivity contribution < 1.29 is 13.5 Å². The van der Waals surface area contributed by atoms with Gasteiger partial charge in [0, 0.05) is 6.54 Å². The maximum Gasteiger partial charge on any atom is 0.240 e. The number of hydrogen-bond acceptors (Lipinski definition) is 3. The van der Waals surface area contributed by atoms with Crippen LogP contribution in [-0.4, -0.2) is 20.1 Å². The Labute approximate surface area is 154 Å². The summed E-state index contributed by atoms with van der Waals surface area (Å²) >= 11 is 0. The van der Waals surface area contributed by atoms with Crippen LogP contribution < -0.4 is 4.72 Å². The summed E-state index contributed by atoms with van der Waals surface area (Å²) in [5.41, 5.74) is 3.38. The third kappa shape index (κ3) is 3.65. The minimum Gasteiger partial charge on any atom is -0.387 e. The number of nitrogens with one attached hydrogen (secondary N) is 1. The zero-order chi connectivity index (χ0) is 18.9. The van der Waals surface area contributed by atoms with Gasteiger partial charge in [0.2, 0.25) is 10.0 Å². The Morgan fingerprint density at radius 1 is 0.923 bits per heavy atom. The van der Waals surface area contributed by atoms with E-state index in [1.807, 2.05) is 62.4 Å².